The maximum Gasteiger partial charge on any atom is 0.321 e. The van der Waals surface area contributed by atoms with Gasteiger partial charge in [0.2, 0.25) is 0 Å². The highest BCUT2D eigenvalue weighted by Gasteiger charge is 2.11. The van der Waals surface area contributed by atoms with Gasteiger partial charge in [-0.15, -0.1) is 0 Å². The first-order chi connectivity index (χ1) is 9.92. The third-order valence-electron chi connectivity index (χ3n) is 2.66. The molecular formula is C13H17N3O5. The predicted octanol–water partition coefficient (Wildman–Crippen LogP) is 1.60. The van der Waals surface area contributed by atoms with Crippen LogP contribution in [0.2, 0.25) is 0 Å². The van der Waals surface area contributed by atoms with Crippen LogP contribution in [-0.4, -0.2) is 29.5 Å². The number of urea groups is 1. The van der Waals surface area contributed by atoms with Crippen molar-refractivity contribution >= 4 is 17.6 Å². The normalized spacial score (nSPS) is 11.3. The number of nitrogens with zero attached hydrogens (tertiary/aromatic N) is 1. The van der Waals surface area contributed by atoms with Crippen molar-refractivity contribution in [1.82, 2.24) is 10.6 Å². The second-order valence-corrected chi connectivity index (χ2v) is 4.37. The lowest BCUT2D eigenvalue weighted by Crippen LogP contribution is -2.44. The molecule has 0 fully saturated rings. The SMILES string of the molecule is CC[C@H](C)NC(=O)NC(=O)COc1ccc([N+](=O)[O-])cc1. The molecule has 0 aromatic heterocycles. The molecule has 0 bridgehead atoms. The molecule has 1 aromatic carbocycles. The number of benzene rings is 1. The number of non-ortho nitro benzene ring substituents is 1. The summed E-state index contributed by atoms with van der Waals surface area (Å²) in [6.45, 7) is 3.37. The fourth-order valence-electron chi connectivity index (χ4n) is 1.34. The van der Waals surface area contributed by atoms with Crippen molar-refractivity contribution in [2.24, 2.45) is 0 Å². The van der Waals surface area contributed by atoms with Crippen molar-refractivity contribution in [2.45, 2.75) is 26.3 Å². The van der Waals surface area contributed by atoms with Crippen molar-refractivity contribution in [2.75, 3.05) is 6.61 Å². The van der Waals surface area contributed by atoms with E-state index >= 15 is 0 Å². The van der Waals surface area contributed by atoms with Crippen LogP contribution in [0.4, 0.5) is 10.5 Å². The van der Waals surface area contributed by atoms with E-state index in [0.717, 1.165) is 6.42 Å². The van der Waals surface area contributed by atoms with Crippen LogP contribution in [0.25, 0.3) is 0 Å². The molecule has 114 valence electrons. The van der Waals surface area contributed by atoms with Gasteiger partial charge in [-0.05, 0) is 25.5 Å². The molecule has 0 spiro atoms. The number of carbonyl (C=O) groups is 2. The Labute approximate surface area is 121 Å². The molecule has 0 radical (unpaired) electrons. The smallest absolute Gasteiger partial charge is 0.321 e. The van der Waals surface area contributed by atoms with Crippen LogP contribution < -0.4 is 15.4 Å². The van der Waals surface area contributed by atoms with Crippen molar-refractivity contribution in [1.29, 1.82) is 0 Å². The number of hydrogen-bond acceptors (Lipinski definition) is 5. The van der Waals surface area contributed by atoms with Gasteiger partial charge in [0.25, 0.3) is 11.6 Å². The summed E-state index contributed by atoms with van der Waals surface area (Å²) in [6.07, 6.45) is 0.751. The van der Waals surface area contributed by atoms with Crippen molar-refractivity contribution in [3.05, 3.63) is 34.4 Å². The molecule has 21 heavy (non-hydrogen) atoms. The van der Waals surface area contributed by atoms with Crippen LogP contribution in [0.1, 0.15) is 20.3 Å². The van der Waals surface area contributed by atoms with Crippen LogP contribution in [0.5, 0.6) is 5.75 Å². The Morgan fingerprint density at radius 1 is 1.33 bits per heavy atom. The summed E-state index contributed by atoms with van der Waals surface area (Å²) in [4.78, 5) is 32.8. The summed E-state index contributed by atoms with van der Waals surface area (Å²) in [5, 5.41) is 15.2. The van der Waals surface area contributed by atoms with Crippen LogP contribution in [0, 0.1) is 10.1 Å². The topological polar surface area (TPSA) is 111 Å². The Morgan fingerprint density at radius 2 is 1.95 bits per heavy atom. The number of nitro benzene ring substituents is 1. The molecule has 0 saturated carbocycles. The Hall–Kier alpha value is -2.64. The van der Waals surface area contributed by atoms with Gasteiger partial charge >= 0.3 is 6.03 Å². The Bertz CT molecular complexity index is 515. The first-order valence-electron chi connectivity index (χ1n) is 6.40. The first-order valence-corrected chi connectivity index (χ1v) is 6.40. The molecule has 2 N–H and O–H groups in total. The zero-order valence-corrected chi connectivity index (χ0v) is 11.8. The van der Waals surface area contributed by atoms with E-state index in [9.17, 15) is 19.7 Å². The fourth-order valence-corrected chi connectivity index (χ4v) is 1.34. The quantitative estimate of drug-likeness (QED) is 0.611. The average molecular weight is 295 g/mol. The molecule has 0 unspecified atom stereocenters. The van der Waals surface area contributed by atoms with Crippen molar-refractivity contribution < 1.29 is 19.2 Å². The van der Waals surface area contributed by atoms with E-state index < -0.39 is 16.9 Å². The van der Waals surface area contributed by atoms with Gasteiger partial charge in [-0.1, -0.05) is 6.92 Å². The summed E-state index contributed by atoms with van der Waals surface area (Å²) < 4.78 is 5.12. The number of amides is 3. The number of imide groups is 1. The van der Waals surface area contributed by atoms with E-state index in [0.29, 0.717) is 5.75 Å². The van der Waals surface area contributed by atoms with Gasteiger partial charge in [0.1, 0.15) is 5.75 Å². The largest absolute Gasteiger partial charge is 0.484 e. The number of ether oxygens (including phenoxy) is 1. The van der Waals surface area contributed by atoms with E-state index in [1.54, 1.807) is 0 Å². The molecule has 0 saturated heterocycles. The second-order valence-electron chi connectivity index (χ2n) is 4.37. The third kappa shape index (κ3) is 5.89. The zero-order valence-electron chi connectivity index (χ0n) is 11.8. The molecule has 0 aliphatic heterocycles. The lowest BCUT2D eigenvalue weighted by molar-refractivity contribution is -0.384. The van der Waals surface area contributed by atoms with Gasteiger partial charge in [0.15, 0.2) is 6.61 Å². The van der Waals surface area contributed by atoms with Crippen LogP contribution in [0.3, 0.4) is 0 Å². The van der Waals surface area contributed by atoms with Gasteiger partial charge in [-0.3, -0.25) is 20.2 Å². The summed E-state index contributed by atoms with van der Waals surface area (Å²) in [7, 11) is 0. The first kappa shape index (κ1) is 16.4. The average Bonchev–Trinajstić information content (AvgIpc) is 2.45. The summed E-state index contributed by atoms with van der Waals surface area (Å²) >= 11 is 0. The van der Waals surface area contributed by atoms with Gasteiger partial charge in [-0.25, -0.2) is 4.79 Å². The Balaban J connectivity index is 2.39. The number of rotatable bonds is 6. The van der Waals surface area contributed by atoms with E-state index in [-0.39, 0.29) is 18.3 Å². The maximum absolute atomic E-state index is 11.5. The molecule has 0 heterocycles. The predicted molar refractivity (Wildman–Crippen MR) is 75.0 cm³/mol. The van der Waals surface area contributed by atoms with Gasteiger partial charge in [0.05, 0.1) is 4.92 Å². The van der Waals surface area contributed by atoms with Crippen molar-refractivity contribution in [3.63, 3.8) is 0 Å². The minimum atomic E-state index is -0.603. The summed E-state index contributed by atoms with van der Waals surface area (Å²) in [6, 6.07) is 4.68. The Kier molecular flexibility index (Phi) is 6.12. The minimum absolute atomic E-state index is 0.0339. The molecule has 3 amide bonds. The molecule has 0 aliphatic carbocycles. The lowest BCUT2D eigenvalue weighted by Gasteiger charge is -2.12. The number of nitrogens with one attached hydrogen (secondary N) is 2. The summed E-state index contributed by atoms with van der Waals surface area (Å²) in [5.41, 5.74) is -0.0697. The van der Waals surface area contributed by atoms with Crippen LogP contribution >= 0.6 is 0 Å². The van der Waals surface area contributed by atoms with Crippen LogP contribution in [-0.2, 0) is 4.79 Å². The second kappa shape index (κ2) is 7.83. The number of nitro groups is 1. The lowest BCUT2D eigenvalue weighted by atomic mass is 10.3. The van der Waals surface area contributed by atoms with E-state index in [4.69, 9.17) is 4.74 Å². The van der Waals surface area contributed by atoms with E-state index in [1.165, 1.54) is 24.3 Å². The summed E-state index contributed by atoms with van der Waals surface area (Å²) in [5.74, 6) is -0.299. The monoisotopic (exact) mass is 295 g/mol. The number of carbonyl (C=O) groups excluding carboxylic acids is 2. The fraction of sp³-hybridized carbons (Fsp3) is 0.385. The number of hydrogen-bond donors (Lipinski definition) is 2. The maximum atomic E-state index is 11.5. The van der Waals surface area contributed by atoms with Gasteiger partial charge < -0.3 is 10.1 Å². The molecule has 0 aliphatic rings. The highest BCUT2D eigenvalue weighted by Crippen LogP contribution is 2.16. The van der Waals surface area contributed by atoms with Gasteiger partial charge in [0, 0.05) is 18.2 Å². The molecular weight excluding hydrogens is 278 g/mol. The molecule has 1 rings (SSSR count). The molecule has 1 aromatic rings. The van der Waals surface area contributed by atoms with Crippen molar-refractivity contribution in [3.8, 4) is 5.75 Å². The van der Waals surface area contributed by atoms with Crippen LogP contribution in [0.15, 0.2) is 24.3 Å². The molecule has 8 nitrogen and oxygen atoms in total. The van der Waals surface area contributed by atoms with E-state index in [2.05, 4.69) is 10.6 Å². The van der Waals surface area contributed by atoms with E-state index in [1.807, 2.05) is 13.8 Å². The third-order valence-corrected chi connectivity index (χ3v) is 2.66. The molecule has 8 heteroatoms. The molecule has 1 atom stereocenters. The highest BCUT2D eigenvalue weighted by atomic mass is 16.6. The Morgan fingerprint density at radius 3 is 2.48 bits per heavy atom. The minimum Gasteiger partial charge on any atom is -0.484 e. The zero-order chi connectivity index (χ0) is 15.8. The van der Waals surface area contributed by atoms with Gasteiger partial charge in [-0.2, -0.15) is 0 Å². The standard InChI is InChI=1S/C13H17N3O5/c1-3-9(2)14-13(18)15-12(17)8-21-11-6-4-10(5-7-11)16(19)20/h4-7,9H,3,8H2,1-2H3,(H2,14,15,17,18)/t9-/m0/s1. The highest BCUT2D eigenvalue weighted by molar-refractivity contribution is 5.95.